The summed E-state index contributed by atoms with van der Waals surface area (Å²) in [6.45, 7) is 2.19. The largest absolute Gasteiger partial charge is 0.294 e. The number of ketones is 1. The molecule has 90 valence electrons. The molecule has 1 fully saturated rings. The van der Waals surface area contributed by atoms with E-state index in [0.717, 1.165) is 12.0 Å². The summed E-state index contributed by atoms with van der Waals surface area (Å²) < 4.78 is 0. The van der Waals surface area contributed by atoms with Crippen molar-refractivity contribution >= 4 is 5.78 Å². The Balaban J connectivity index is 1.84. The summed E-state index contributed by atoms with van der Waals surface area (Å²) in [5, 5.41) is 0. The fraction of sp³-hybridized carbons (Fsp3) is 0.235. The minimum atomic E-state index is 0.0359. The van der Waals surface area contributed by atoms with E-state index in [1.54, 1.807) is 0 Å². The van der Waals surface area contributed by atoms with E-state index in [4.69, 9.17) is 0 Å². The summed E-state index contributed by atoms with van der Waals surface area (Å²) in [7, 11) is 0. The van der Waals surface area contributed by atoms with E-state index in [0.29, 0.717) is 0 Å². The van der Waals surface area contributed by atoms with Crippen LogP contribution >= 0.6 is 0 Å². The molecule has 0 N–H and O–H groups in total. The molecule has 1 heteroatoms. The molecular weight excluding hydrogens is 220 g/mol. The van der Waals surface area contributed by atoms with E-state index in [9.17, 15) is 4.79 Å². The molecule has 0 saturated heterocycles. The Morgan fingerprint density at radius 1 is 1.00 bits per heavy atom. The highest BCUT2D eigenvalue weighted by atomic mass is 16.1. The second kappa shape index (κ2) is 4.09. The third kappa shape index (κ3) is 1.76. The Bertz CT molecular complexity index is 559. The maximum absolute atomic E-state index is 12.4. The highest BCUT2D eigenvalue weighted by Crippen LogP contribution is 2.55. The van der Waals surface area contributed by atoms with Gasteiger partial charge in [-0.25, -0.2) is 0 Å². The maximum atomic E-state index is 12.4. The van der Waals surface area contributed by atoms with Gasteiger partial charge in [0.2, 0.25) is 0 Å². The number of rotatable bonds is 3. The van der Waals surface area contributed by atoms with Crippen LogP contribution in [0.3, 0.4) is 0 Å². The zero-order valence-electron chi connectivity index (χ0n) is 10.5. The summed E-state index contributed by atoms with van der Waals surface area (Å²) in [6, 6.07) is 20.0. The second-order valence-electron chi connectivity index (χ2n) is 5.27. The van der Waals surface area contributed by atoms with E-state index in [-0.39, 0.29) is 17.1 Å². The molecule has 0 amide bonds. The van der Waals surface area contributed by atoms with Crippen molar-refractivity contribution in [2.24, 2.45) is 5.92 Å². The molecule has 1 aliphatic rings. The highest BCUT2D eigenvalue weighted by Gasteiger charge is 2.55. The van der Waals surface area contributed by atoms with Crippen LogP contribution in [0.4, 0.5) is 0 Å². The second-order valence-corrected chi connectivity index (χ2v) is 5.27. The molecule has 1 nitrogen and oxygen atoms in total. The first-order valence-electron chi connectivity index (χ1n) is 6.36. The number of hydrogen-bond acceptors (Lipinski definition) is 1. The van der Waals surface area contributed by atoms with Crippen LogP contribution in [0.5, 0.6) is 0 Å². The van der Waals surface area contributed by atoms with Gasteiger partial charge in [0.15, 0.2) is 5.78 Å². The molecule has 0 radical (unpaired) electrons. The SMILES string of the molecule is C[C@]1(c2ccccc2)C[C@H]1C(=O)c1ccccc1. The summed E-state index contributed by atoms with van der Waals surface area (Å²) in [4.78, 5) is 12.4. The summed E-state index contributed by atoms with van der Waals surface area (Å²) >= 11 is 0. The first-order chi connectivity index (χ1) is 8.72. The molecule has 0 aromatic heterocycles. The molecule has 1 aliphatic carbocycles. The summed E-state index contributed by atoms with van der Waals surface area (Å²) in [6.07, 6.45) is 0.963. The number of carbonyl (C=O) groups is 1. The van der Waals surface area contributed by atoms with Gasteiger partial charge in [0.1, 0.15) is 0 Å². The zero-order chi connectivity index (χ0) is 12.6. The first kappa shape index (κ1) is 11.2. The number of benzene rings is 2. The van der Waals surface area contributed by atoms with Gasteiger partial charge in [0.05, 0.1) is 0 Å². The van der Waals surface area contributed by atoms with Crippen LogP contribution in [0.25, 0.3) is 0 Å². The number of hydrogen-bond donors (Lipinski definition) is 0. The van der Waals surface area contributed by atoms with Crippen LogP contribution in [-0.4, -0.2) is 5.78 Å². The molecule has 0 spiro atoms. The van der Waals surface area contributed by atoms with Crippen molar-refractivity contribution < 1.29 is 4.79 Å². The molecule has 3 rings (SSSR count). The monoisotopic (exact) mass is 236 g/mol. The Morgan fingerprint density at radius 2 is 1.56 bits per heavy atom. The third-order valence-corrected chi connectivity index (χ3v) is 4.05. The van der Waals surface area contributed by atoms with Gasteiger partial charge in [0.25, 0.3) is 0 Å². The van der Waals surface area contributed by atoms with E-state index >= 15 is 0 Å². The van der Waals surface area contributed by atoms with Crippen molar-refractivity contribution in [3.8, 4) is 0 Å². The first-order valence-corrected chi connectivity index (χ1v) is 6.36. The van der Waals surface area contributed by atoms with E-state index in [1.807, 2.05) is 48.5 Å². The van der Waals surface area contributed by atoms with Crippen LogP contribution in [0.2, 0.25) is 0 Å². The molecule has 2 aromatic rings. The topological polar surface area (TPSA) is 17.1 Å². The van der Waals surface area contributed by atoms with Gasteiger partial charge >= 0.3 is 0 Å². The zero-order valence-corrected chi connectivity index (χ0v) is 10.5. The standard InChI is InChI=1S/C17H16O/c1-17(14-10-6-3-7-11-14)12-15(17)16(18)13-8-4-2-5-9-13/h2-11,15H,12H2,1H3/t15-,17+/m0/s1. The van der Waals surface area contributed by atoms with Crippen molar-refractivity contribution in [2.75, 3.05) is 0 Å². The van der Waals surface area contributed by atoms with Crippen molar-refractivity contribution in [3.63, 3.8) is 0 Å². The van der Waals surface area contributed by atoms with Gasteiger partial charge in [-0.2, -0.15) is 0 Å². The van der Waals surface area contributed by atoms with E-state index in [1.165, 1.54) is 5.56 Å². The fourth-order valence-corrected chi connectivity index (χ4v) is 2.69. The van der Waals surface area contributed by atoms with E-state index < -0.39 is 0 Å². The molecule has 1 saturated carbocycles. The van der Waals surface area contributed by atoms with Gasteiger partial charge in [-0.1, -0.05) is 67.6 Å². The molecule has 18 heavy (non-hydrogen) atoms. The average Bonchev–Trinajstić information content (AvgIpc) is 3.14. The van der Waals surface area contributed by atoms with Crippen LogP contribution in [-0.2, 0) is 5.41 Å². The molecule has 0 aliphatic heterocycles. The van der Waals surface area contributed by atoms with Crippen molar-refractivity contribution in [3.05, 3.63) is 71.8 Å². The lowest BCUT2D eigenvalue weighted by molar-refractivity contribution is 0.0959. The predicted octanol–water partition coefficient (Wildman–Crippen LogP) is 3.85. The van der Waals surface area contributed by atoms with Gasteiger partial charge in [-0.05, 0) is 12.0 Å². The normalized spacial score (nSPS) is 25.7. The molecule has 2 aromatic carbocycles. The Hall–Kier alpha value is -1.89. The minimum absolute atomic E-state index is 0.0359. The Labute approximate surface area is 107 Å². The smallest absolute Gasteiger partial charge is 0.166 e. The lowest BCUT2D eigenvalue weighted by Crippen LogP contribution is -2.12. The Morgan fingerprint density at radius 3 is 2.17 bits per heavy atom. The minimum Gasteiger partial charge on any atom is -0.294 e. The number of Topliss-reactive ketones (excluding diaryl/α,β-unsaturated/α-hetero) is 1. The molecule has 0 bridgehead atoms. The van der Waals surface area contributed by atoms with Gasteiger partial charge < -0.3 is 0 Å². The van der Waals surface area contributed by atoms with Gasteiger partial charge in [0, 0.05) is 16.9 Å². The predicted molar refractivity (Wildman–Crippen MR) is 72.7 cm³/mol. The third-order valence-electron chi connectivity index (χ3n) is 4.05. The van der Waals surface area contributed by atoms with Gasteiger partial charge in [-0.15, -0.1) is 0 Å². The van der Waals surface area contributed by atoms with Crippen molar-refractivity contribution in [1.82, 2.24) is 0 Å². The van der Waals surface area contributed by atoms with Crippen LogP contribution in [0, 0.1) is 5.92 Å². The molecular formula is C17H16O. The highest BCUT2D eigenvalue weighted by molar-refractivity contribution is 6.01. The van der Waals surface area contributed by atoms with Crippen LogP contribution in [0.1, 0.15) is 29.3 Å². The van der Waals surface area contributed by atoms with Crippen LogP contribution in [0.15, 0.2) is 60.7 Å². The van der Waals surface area contributed by atoms with Crippen molar-refractivity contribution in [1.29, 1.82) is 0 Å². The Kier molecular flexibility index (Phi) is 2.55. The van der Waals surface area contributed by atoms with Crippen molar-refractivity contribution in [2.45, 2.75) is 18.8 Å². The number of carbonyl (C=O) groups excluding carboxylic acids is 1. The molecule has 0 heterocycles. The average molecular weight is 236 g/mol. The van der Waals surface area contributed by atoms with Gasteiger partial charge in [-0.3, -0.25) is 4.79 Å². The van der Waals surface area contributed by atoms with E-state index in [2.05, 4.69) is 19.1 Å². The maximum Gasteiger partial charge on any atom is 0.166 e. The summed E-state index contributed by atoms with van der Waals surface area (Å²) in [5.41, 5.74) is 2.15. The quantitative estimate of drug-likeness (QED) is 0.740. The van der Waals surface area contributed by atoms with Crippen LogP contribution < -0.4 is 0 Å². The summed E-state index contributed by atoms with van der Waals surface area (Å²) in [5.74, 6) is 0.421. The molecule has 0 unspecified atom stereocenters. The fourth-order valence-electron chi connectivity index (χ4n) is 2.69. The lowest BCUT2D eigenvalue weighted by atomic mass is 9.92. The lowest BCUT2D eigenvalue weighted by Gasteiger charge is -2.11. The molecule has 2 atom stereocenters.